The molecule has 6 nitrogen and oxygen atoms in total. The SMILES string of the molecule is COCCN(Cc1ccccc1)C(=O)C(=O)Nc1ccc(C(C)N)cc1. The Kier molecular flexibility index (Phi) is 7.32. The van der Waals surface area contributed by atoms with E-state index >= 15 is 0 Å². The number of amides is 2. The number of carbonyl (C=O) groups excluding carboxylic acids is 2. The van der Waals surface area contributed by atoms with Crippen molar-refractivity contribution in [1.82, 2.24) is 4.90 Å². The van der Waals surface area contributed by atoms with Gasteiger partial charge in [-0.2, -0.15) is 0 Å². The first-order chi connectivity index (χ1) is 12.5. The molecule has 2 aromatic rings. The maximum atomic E-state index is 12.6. The van der Waals surface area contributed by atoms with E-state index in [0.29, 0.717) is 25.4 Å². The minimum Gasteiger partial charge on any atom is -0.383 e. The summed E-state index contributed by atoms with van der Waals surface area (Å²) in [5, 5.41) is 2.64. The van der Waals surface area contributed by atoms with Crippen LogP contribution in [0.1, 0.15) is 24.1 Å². The minimum absolute atomic E-state index is 0.0863. The zero-order valence-electron chi connectivity index (χ0n) is 15.1. The summed E-state index contributed by atoms with van der Waals surface area (Å²) in [5.74, 6) is -1.27. The summed E-state index contributed by atoms with van der Waals surface area (Å²) < 4.78 is 5.06. The summed E-state index contributed by atoms with van der Waals surface area (Å²) in [7, 11) is 1.56. The van der Waals surface area contributed by atoms with E-state index in [1.807, 2.05) is 49.4 Å². The van der Waals surface area contributed by atoms with Gasteiger partial charge in [0.2, 0.25) is 0 Å². The molecule has 0 saturated carbocycles. The van der Waals surface area contributed by atoms with Crippen LogP contribution < -0.4 is 11.1 Å². The lowest BCUT2D eigenvalue weighted by Gasteiger charge is -2.22. The maximum Gasteiger partial charge on any atom is 0.313 e. The fourth-order valence-corrected chi connectivity index (χ4v) is 2.46. The van der Waals surface area contributed by atoms with Gasteiger partial charge in [0.1, 0.15) is 0 Å². The molecule has 0 bridgehead atoms. The molecule has 1 unspecified atom stereocenters. The summed E-state index contributed by atoms with van der Waals surface area (Å²) in [6, 6.07) is 16.6. The molecule has 26 heavy (non-hydrogen) atoms. The van der Waals surface area contributed by atoms with E-state index < -0.39 is 11.8 Å². The topological polar surface area (TPSA) is 84.7 Å². The highest BCUT2D eigenvalue weighted by molar-refractivity contribution is 6.39. The Hall–Kier alpha value is -2.70. The highest BCUT2D eigenvalue weighted by atomic mass is 16.5. The predicted octanol–water partition coefficient (Wildman–Crippen LogP) is 2.32. The number of rotatable bonds is 7. The van der Waals surface area contributed by atoms with Gasteiger partial charge < -0.3 is 20.7 Å². The molecule has 3 N–H and O–H groups in total. The molecule has 2 aromatic carbocycles. The fourth-order valence-electron chi connectivity index (χ4n) is 2.46. The standard InChI is InChI=1S/C20H25N3O3/c1-15(21)17-8-10-18(11-9-17)22-19(24)20(25)23(12-13-26-2)14-16-6-4-3-5-7-16/h3-11,15H,12-14,21H2,1-2H3,(H,22,24). The normalized spacial score (nSPS) is 11.7. The Morgan fingerprint density at radius 1 is 1.12 bits per heavy atom. The molecule has 138 valence electrons. The number of hydrogen-bond acceptors (Lipinski definition) is 4. The zero-order chi connectivity index (χ0) is 18.9. The Morgan fingerprint density at radius 3 is 2.35 bits per heavy atom. The molecule has 1 atom stereocenters. The van der Waals surface area contributed by atoms with E-state index in [9.17, 15) is 9.59 Å². The second-order valence-corrected chi connectivity index (χ2v) is 6.07. The highest BCUT2D eigenvalue weighted by Crippen LogP contribution is 2.14. The lowest BCUT2D eigenvalue weighted by molar-refractivity contribution is -0.144. The monoisotopic (exact) mass is 355 g/mol. The summed E-state index contributed by atoms with van der Waals surface area (Å²) in [6.45, 7) is 2.92. The second-order valence-electron chi connectivity index (χ2n) is 6.07. The molecule has 0 spiro atoms. The molecule has 2 amide bonds. The molecule has 0 aliphatic carbocycles. The van der Waals surface area contributed by atoms with Crippen LogP contribution in [0, 0.1) is 0 Å². The first-order valence-electron chi connectivity index (χ1n) is 8.50. The van der Waals surface area contributed by atoms with Crippen LogP contribution in [0.15, 0.2) is 54.6 Å². The van der Waals surface area contributed by atoms with Gasteiger partial charge >= 0.3 is 11.8 Å². The number of ether oxygens (including phenoxy) is 1. The van der Waals surface area contributed by atoms with E-state index in [-0.39, 0.29) is 6.04 Å². The molecule has 0 aliphatic heterocycles. The Bertz CT molecular complexity index is 715. The number of carbonyl (C=O) groups is 2. The van der Waals surface area contributed by atoms with Gasteiger partial charge in [0, 0.05) is 31.9 Å². The lowest BCUT2D eigenvalue weighted by Crippen LogP contribution is -2.41. The number of nitrogens with one attached hydrogen (secondary N) is 1. The van der Waals surface area contributed by atoms with Crippen LogP contribution >= 0.6 is 0 Å². The van der Waals surface area contributed by atoms with Crippen LogP contribution in [0.4, 0.5) is 5.69 Å². The molecule has 6 heteroatoms. The van der Waals surface area contributed by atoms with Crippen molar-refractivity contribution in [2.75, 3.05) is 25.6 Å². The van der Waals surface area contributed by atoms with Gasteiger partial charge in [-0.05, 0) is 30.2 Å². The Labute approximate surface area is 153 Å². The van der Waals surface area contributed by atoms with Crippen molar-refractivity contribution < 1.29 is 14.3 Å². The Balaban J connectivity index is 2.04. The largest absolute Gasteiger partial charge is 0.383 e. The number of nitrogens with zero attached hydrogens (tertiary/aromatic N) is 1. The van der Waals surface area contributed by atoms with Gasteiger partial charge in [-0.25, -0.2) is 0 Å². The van der Waals surface area contributed by atoms with Crippen LogP contribution in [0.5, 0.6) is 0 Å². The predicted molar refractivity (Wildman–Crippen MR) is 101 cm³/mol. The van der Waals surface area contributed by atoms with E-state index in [1.165, 1.54) is 4.90 Å². The molecular weight excluding hydrogens is 330 g/mol. The smallest absolute Gasteiger partial charge is 0.313 e. The second kappa shape index (κ2) is 9.70. The van der Waals surface area contributed by atoms with E-state index in [1.54, 1.807) is 19.2 Å². The van der Waals surface area contributed by atoms with Crippen molar-refractivity contribution in [1.29, 1.82) is 0 Å². The third-order valence-corrected chi connectivity index (χ3v) is 3.96. The average Bonchev–Trinajstić information content (AvgIpc) is 2.65. The van der Waals surface area contributed by atoms with Gasteiger partial charge in [-0.1, -0.05) is 42.5 Å². The molecule has 0 fully saturated rings. The summed E-state index contributed by atoms with van der Waals surface area (Å²) >= 11 is 0. The zero-order valence-corrected chi connectivity index (χ0v) is 15.1. The molecule has 0 radical (unpaired) electrons. The van der Waals surface area contributed by atoms with Crippen molar-refractivity contribution in [2.45, 2.75) is 19.5 Å². The first-order valence-corrected chi connectivity index (χ1v) is 8.50. The highest BCUT2D eigenvalue weighted by Gasteiger charge is 2.22. The first kappa shape index (κ1) is 19.6. The quantitative estimate of drug-likeness (QED) is 0.747. The Morgan fingerprint density at radius 2 is 1.77 bits per heavy atom. The molecule has 0 saturated heterocycles. The number of hydrogen-bond donors (Lipinski definition) is 2. The van der Waals surface area contributed by atoms with Crippen molar-refractivity contribution in [2.24, 2.45) is 5.73 Å². The van der Waals surface area contributed by atoms with Crippen molar-refractivity contribution in [3.8, 4) is 0 Å². The third-order valence-electron chi connectivity index (χ3n) is 3.96. The van der Waals surface area contributed by atoms with Crippen molar-refractivity contribution >= 4 is 17.5 Å². The minimum atomic E-state index is -0.675. The molecular formula is C20H25N3O3. The lowest BCUT2D eigenvalue weighted by atomic mass is 10.1. The van der Waals surface area contributed by atoms with E-state index in [2.05, 4.69) is 5.32 Å². The van der Waals surface area contributed by atoms with Gasteiger partial charge in [0.25, 0.3) is 0 Å². The third kappa shape index (κ3) is 5.68. The van der Waals surface area contributed by atoms with Gasteiger partial charge in [0.05, 0.1) is 6.61 Å². The van der Waals surface area contributed by atoms with Crippen LogP contribution in [-0.4, -0.2) is 37.0 Å². The molecule has 0 heterocycles. The number of methoxy groups -OCH3 is 1. The van der Waals surface area contributed by atoms with Crippen LogP contribution in [0.2, 0.25) is 0 Å². The van der Waals surface area contributed by atoms with Gasteiger partial charge in [-0.3, -0.25) is 9.59 Å². The summed E-state index contributed by atoms with van der Waals surface area (Å²) in [4.78, 5) is 26.4. The van der Waals surface area contributed by atoms with E-state index in [4.69, 9.17) is 10.5 Å². The van der Waals surface area contributed by atoms with Crippen molar-refractivity contribution in [3.05, 3.63) is 65.7 Å². The van der Waals surface area contributed by atoms with Crippen LogP contribution in [-0.2, 0) is 20.9 Å². The van der Waals surface area contributed by atoms with Gasteiger partial charge in [-0.15, -0.1) is 0 Å². The number of nitrogens with two attached hydrogens (primary N) is 1. The average molecular weight is 355 g/mol. The maximum absolute atomic E-state index is 12.6. The van der Waals surface area contributed by atoms with Gasteiger partial charge in [0.15, 0.2) is 0 Å². The van der Waals surface area contributed by atoms with E-state index in [0.717, 1.165) is 11.1 Å². The van der Waals surface area contributed by atoms with Crippen LogP contribution in [0.25, 0.3) is 0 Å². The molecule has 0 aromatic heterocycles. The van der Waals surface area contributed by atoms with Crippen LogP contribution in [0.3, 0.4) is 0 Å². The summed E-state index contributed by atoms with van der Waals surface area (Å²) in [5.41, 5.74) is 8.28. The number of anilines is 1. The summed E-state index contributed by atoms with van der Waals surface area (Å²) in [6.07, 6.45) is 0. The molecule has 2 rings (SSSR count). The number of benzene rings is 2. The molecule has 0 aliphatic rings. The van der Waals surface area contributed by atoms with Crippen molar-refractivity contribution in [3.63, 3.8) is 0 Å². The fraction of sp³-hybridized carbons (Fsp3) is 0.300.